The van der Waals surface area contributed by atoms with Gasteiger partial charge >= 0.3 is 0 Å². The van der Waals surface area contributed by atoms with Crippen LogP contribution in [0.25, 0.3) is 0 Å². The Labute approximate surface area is 180 Å². The molecule has 1 amide bonds. The molecular formula is C22H37N5O3. The number of hydrogen-bond donors (Lipinski definition) is 4. The number of piperidine rings is 1. The molecule has 168 valence electrons. The molecule has 1 unspecified atom stereocenters. The number of rotatable bonds is 10. The number of nitrogens with zero attached hydrogens (tertiary/aromatic N) is 2. The Balaban J connectivity index is 1.83. The molecule has 1 aliphatic rings. The molecule has 0 aromatic heterocycles. The predicted molar refractivity (Wildman–Crippen MR) is 120 cm³/mol. The van der Waals surface area contributed by atoms with E-state index in [4.69, 9.17) is 4.74 Å². The standard InChI is InChI=1S/C22H37N5O3/c1-4-11-24-21(29)16-27-12-9-18(10-13-27)26-22(23-5-2)25-15-20(28)17-7-6-8-19(14-17)30-3/h6-8,14,18,20,28H,4-5,9-13,15-16H2,1-3H3,(H,24,29)(H2,23,25,26). The van der Waals surface area contributed by atoms with Crippen LogP contribution in [0.2, 0.25) is 0 Å². The number of aliphatic hydroxyl groups is 1. The molecular weight excluding hydrogens is 382 g/mol. The second-order valence-electron chi connectivity index (χ2n) is 7.56. The van der Waals surface area contributed by atoms with E-state index in [0.29, 0.717) is 18.5 Å². The molecule has 0 saturated carbocycles. The van der Waals surface area contributed by atoms with Crippen molar-refractivity contribution in [3.05, 3.63) is 29.8 Å². The molecule has 4 N–H and O–H groups in total. The van der Waals surface area contributed by atoms with Crippen molar-refractivity contribution in [3.63, 3.8) is 0 Å². The van der Waals surface area contributed by atoms with Crippen LogP contribution in [-0.4, -0.2) is 74.3 Å². The fraction of sp³-hybridized carbons (Fsp3) is 0.636. The SMILES string of the molecule is CCCNC(=O)CN1CCC(NC(=NCC(O)c2cccc(OC)c2)NCC)CC1. The van der Waals surface area contributed by atoms with Crippen molar-refractivity contribution >= 4 is 11.9 Å². The summed E-state index contributed by atoms with van der Waals surface area (Å²) in [5.74, 6) is 1.53. The van der Waals surface area contributed by atoms with Crippen molar-refractivity contribution in [3.8, 4) is 5.75 Å². The van der Waals surface area contributed by atoms with Gasteiger partial charge < -0.3 is 25.8 Å². The maximum atomic E-state index is 11.9. The summed E-state index contributed by atoms with van der Waals surface area (Å²) in [4.78, 5) is 18.7. The van der Waals surface area contributed by atoms with E-state index in [-0.39, 0.29) is 12.5 Å². The van der Waals surface area contributed by atoms with Crippen molar-refractivity contribution in [2.45, 2.75) is 45.3 Å². The zero-order valence-electron chi connectivity index (χ0n) is 18.5. The summed E-state index contributed by atoms with van der Waals surface area (Å²) in [7, 11) is 1.61. The van der Waals surface area contributed by atoms with E-state index in [1.807, 2.05) is 31.2 Å². The van der Waals surface area contributed by atoms with E-state index in [2.05, 4.69) is 32.8 Å². The molecule has 0 radical (unpaired) electrons. The minimum atomic E-state index is -0.695. The topological polar surface area (TPSA) is 98.2 Å². The first-order chi connectivity index (χ1) is 14.5. The summed E-state index contributed by atoms with van der Waals surface area (Å²) in [5, 5.41) is 20.1. The maximum absolute atomic E-state index is 11.9. The van der Waals surface area contributed by atoms with Crippen LogP contribution >= 0.6 is 0 Å². The zero-order valence-corrected chi connectivity index (χ0v) is 18.5. The van der Waals surface area contributed by atoms with Crippen LogP contribution in [0.3, 0.4) is 0 Å². The Morgan fingerprint density at radius 3 is 2.73 bits per heavy atom. The van der Waals surface area contributed by atoms with Crippen molar-refractivity contribution in [1.82, 2.24) is 20.9 Å². The maximum Gasteiger partial charge on any atom is 0.234 e. The summed E-state index contributed by atoms with van der Waals surface area (Å²) in [6.07, 6.45) is 2.16. The summed E-state index contributed by atoms with van der Waals surface area (Å²) < 4.78 is 5.22. The van der Waals surface area contributed by atoms with Gasteiger partial charge in [-0.2, -0.15) is 0 Å². The molecule has 8 heteroatoms. The van der Waals surface area contributed by atoms with Gasteiger partial charge in [-0.15, -0.1) is 0 Å². The number of aliphatic imine (C=N–C) groups is 1. The van der Waals surface area contributed by atoms with Crippen LogP contribution < -0.4 is 20.7 Å². The monoisotopic (exact) mass is 419 g/mol. The molecule has 8 nitrogen and oxygen atoms in total. The van der Waals surface area contributed by atoms with Gasteiger partial charge in [0.2, 0.25) is 5.91 Å². The number of amides is 1. The van der Waals surface area contributed by atoms with Gasteiger partial charge in [0, 0.05) is 32.2 Å². The molecule has 1 heterocycles. The van der Waals surface area contributed by atoms with E-state index in [1.165, 1.54) is 0 Å². The van der Waals surface area contributed by atoms with Crippen LogP contribution in [0, 0.1) is 0 Å². The summed E-state index contributed by atoms with van der Waals surface area (Å²) in [6, 6.07) is 7.71. The van der Waals surface area contributed by atoms with Gasteiger partial charge in [0.25, 0.3) is 0 Å². The second-order valence-corrected chi connectivity index (χ2v) is 7.56. The number of aliphatic hydroxyl groups excluding tert-OH is 1. The number of carbonyl (C=O) groups excluding carboxylic acids is 1. The normalized spacial score (nSPS) is 16.7. The van der Waals surface area contributed by atoms with E-state index in [9.17, 15) is 9.90 Å². The lowest BCUT2D eigenvalue weighted by atomic mass is 10.1. The Morgan fingerprint density at radius 2 is 2.07 bits per heavy atom. The molecule has 30 heavy (non-hydrogen) atoms. The van der Waals surface area contributed by atoms with Gasteiger partial charge in [0.15, 0.2) is 5.96 Å². The molecule has 1 saturated heterocycles. The smallest absolute Gasteiger partial charge is 0.234 e. The fourth-order valence-corrected chi connectivity index (χ4v) is 3.40. The minimum Gasteiger partial charge on any atom is -0.497 e. The average molecular weight is 420 g/mol. The molecule has 1 fully saturated rings. The van der Waals surface area contributed by atoms with Gasteiger partial charge in [0.05, 0.1) is 26.3 Å². The summed E-state index contributed by atoms with van der Waals surface area (Å²) in [5.41, 5.74) is 0.781. The third-order valence-corrected chi connectivity index (χ3v) is 5.11. The predicted octanol–water partition coefficient (Wildman–Crippen LogP) is 1.27. The number of hydrogen-bond acceptors (Lipinski definition) is 5. The van der Waals surface area contributed by atoms with E-state index in [0.717, 1.165) is 56.8 Å². The highest BCUT2D eigenvalue weighted by Crippen LogP contribution is 2.19. The highest BCUT2D eigenvalue weighted by atomic mass is 16.5. The largest absolute Gasteiger partial charge is 0.497 e. The van der Waals surface area contributed by atoms with Crippen molar-refractivity contribution in [2.24, 2.45) is 4.99 Å². The third-order valence-electron chi connectivity index (χ3n) is 5.11. The highest BCUT2D eigenvalue weighted by Gasteiger charge is 2.21. The fourth-order valence-electron chi connectivity index (χ4n) is 3.40. The lowest BCUT2D eigenvalue weighted by Gasteiger charge is -2.32. The Kier molecular flexibility index (Phi) is 10.4. The first-order valence-corrected chi connectivity index (χ1v) is 10.9. The number of guanidine groups is 1. The van der Waals surface area contributed by atoms with Gasteiger partial charge in [-0.3, -0.25) is 14.7 Å². The number of carbonyl (C=O) groups is 1. The van der Waals surface area contributed by atoms with Crippen LogP contribution in [0.4, 0.5) is 0 Å². The Bertz CT molecular complexity index is 674. The Hall–Kier alpha value is -2.32. The average Bonchev–Trinajstić information content (AvgIpc) is 2.77. The van der Waals surface area contributed by atoms with Crippen molar-refractivity contribution in [2.75, 3.05) is 46.4 Å². The van der Waals surface area contributed by atoms with E-state index in [1.54, 1.807) is 7.11 Å². The highest BCUT2D eigenvalue weighted by molar-refractivity contribution is 5.80. The quantitative estimate of drug-likeness (QED) is 0.337. The van der Waals surface area contributed by atoms with Crippen LogP contribution in [0.5, 0.6) is 5.75 Å². The van der Waals surface area contributed by atoms with Gasteiger partial charge in [-0.25, -0.2) is 0 Å². The van der Waals surface area contributed by atoms with Gasteiger partial charge in [-0.1, -0.05) is 19.1 Å². The van der Waals surface area contributed by atoms with Crippen LogP contribution in [-0.2, 0) is 4.79 Å². The zero-order chi connectivity index (χ0) is 21.8. The lowest BCUT2D eigenvalue weighted by Crippen LogP contribution is -2.50. The van der Waals surface area contributed by atoms with Crippen molar-refractivity contribution in [1.29, 1.82) is 0 Å². The third kappa shape index (κ3) is 8.20. The minimum absolute atomic E-state index is 0.102. The summed E-state index contributed by atoms with van der Waals surface area (Å²) in [6.45, 7) is 8.04. The van der Waals surface area contributed by atoms with Crippen LogP contribution in [0.15, 0.2) is 29.3 Å². The summed E-state index contributed by atoms with van der Waals surface area (Å²) >= 11 is 0. The molecule has 1 aromatic rings. The first-order valence-electron chi connectivity index (χ1n) is 10.9. The van der Waals surface area contributed by atoms with E-state index >= 15 is 0 Å². The first kappa shape index (κ1) is 24.0. The van der Waals surface area contributed by atoms with Gasteiger partial charge in [0.1, 0.15) is 5.75 Å². The number of ether oxygens (including phenoxy) is 1. The van der Waals surface area contributed by atoms with Gasteiger partial charge in [-0.05, 0) is 43.9 Å². The molecule has 1 aliphatic heterocycles. The van der Waals surface area contributed by atoms with Crippen LogP contribution in [0.1, 0.15) is 44.8 Å². The second kappa shape index (κ2) is 13.1. The lowest BCUT2D eigenvalue weighted by molar-refractivity contribution is -0.122. The number of benzene rings is 1. The number of likely N-dealkylation sites (tertiary alicyclic amines) is 1. The number of nitrogens with one attached hydrogen (secondary N) is 3. The molecule has 1 atom stereocenters. The molecule has 2 rings (SSSR count). The Morgan fingerprint density at radius 1 is 1.30 bits per heavy atom. The van der Waals surface area contributed by atoms with Crippen molar-refractivity contribution < 1.29 is 14.6 Å². The molecule has 0 bridgehead atoms. The van der Waals surface area contributed by atoms with E-state index < -0.39 is 6.10 Å². The molecule has 0 aliphatic carbocycles. The molecule has 1 aromatic carbocycles. The number of methoxy groups -OCH3 is 1. The molecule has 0 spiro atoms.